The molecular formula is C22H31ClN6O3S. The van der Waals surface area contributed by atoms with E-state index >= 15 is 0 Å². The molecule has 3 heterocycles. The van der Waals surface area contributed by atoms with Gasteiger partial charge in [-0.15, -0.1) is 12.4 Å². The molecule has 2 aromatic heterocycles. The molecule has 0 atom stereocenters. The number of aromatic amines is 1. The zero-order valence-electron chi connectivity index (χ0n) is 19.0. The molecule has 1 aliphatic rings. The molecule has 0 spiro atoms. The Kier molecular flexibility index (Phi) is 8.52. The number of benzene rings is 1. The molecule has 0 radical (unpaired) electrons. The molecule has 33 heavy (non-hydrogen) atoms. The third-order valence-corrected chi connectivity index (χ3v) is 7.31. The summed E-state index contributed by atoms with van der Waals surface area (Å²) in [6, 6.07) is 5.81. The van der Waals surface area contributed by atoms with Gasteiger partial charge in [-0.25, -0.2) is 23.1 Å². The first-order valence-corrected chi connectivity index (χ1v) is 12.5. The second kappa shape index (κ2) is 11.1. The van der Waals surface area contributed by atoms with E-state index in [1.54, 1.807) is 19.6 Å². The first-order valence-electron chi connectivity index (χ1n) is 10.8. The summed E-state index contributed by atoms with van der Waals surface area (Å²) in [7, 11) is -0.196. The van der Waals surface area contributed by atoms with Gasteiger partial charge in [-0.1, -0.05) is 6.07 Å². The van der Waals surface area contributed by atoms with Crippen molar-refractivity contribution in [1.29, 1.82) is 0 Å². The number of halogens is 1. The summed E-state index contributed by atoms with van der Waals surface area (Å²) in [6.45, 7) is 4.79. The zero-order chi connectivity index (χ0) is 22.6. The van der Waals surface area contributed by atoms with E-state index in [9.17, 15) is 8.42 Å². The van der Waals surface area contributed by atoms with E-state index in [1.807, 2.05) is 24.4 Å². The number of aromatic nitrogens is 3. The quantitative estimate of drug-likeness (QED) is 0.470. The van der Waals surface area contributed by atoms with Crippen LogP contribution >= 0.6 is 12.4 Å². The summed E-state index contributed by atoms with van der Waals surface area (Å²) in [4.78, 5) is 16.4. The highest BCUT2D eigenvalue weighted by atomic mass is 35.5. The third-order valence-electron chi connectivity index (χ3n) is 5.97. The number of hydrogen-bond acceptors (Lipinski definition) is 7. The second-order valence-corrected chi connectivity index (χ2v) is 9.93. The van der Waals surface area contributed by atoms with E-state index in [2.05, 4.69) is 29.5 Å². The molecule has 0 unspecified atom stereocenters. The van der Waals surface area contributed by atoms with Crippen LogP contribution in [0, 0.1) is 0 Å². The number of piperazine rings is 1. The molecule has 1 saturated heterocycles. The lowest BCUT2D eigenvalue weighted by atomic mass is 10.1. The van der Waals surface area contributed by atoms with Crippen LogP contribution in [0.3, 0.4) is 0 Å². The van der Waals surface area contributed by atoms with Crippen molar-refractivity contribution in [3.05, 3.63) is 48.0 Å². The molecular weight excluding hydrogens is 464 g/mol. The number of anilines is 1. The van der Waals surface area contributed by atoms with E-state index in [4.69, 9.17) is 4.74 Å². The van der Waals surface area contributed by atoms with Crippen molar-refractivity contribution < 1.29 is 13.2 Å². The van der Waals surface area contributed by atoms with Crippen LogP contribution in [0.2, 0.25) is 0 Å². The number of aryl methyl sites for hydroxylation is 1. The smallest absolute Gasteiger partial charge is 0.215 e. The molecule has 0 bridgehead atoms. The number of nitrogens with zero attached hydrogens (tertiary/aromatic N) is 4. The monoisotopic (exact) mass is 494 g/mol. The Labute approximate surface area is 201 Å². The van der Waals surface area contributed by atoms with Crippen molar-refractivity contribution in [2.75, 3.05) is 51.8 Å². The lowest BCUT2D eigenvalue weighted by Gasteiger charge is -2.35. The highest BCUT2D eigenvalue weighted by Gasteiger charge is 2.20. The van der Waals surface area contributed by atoms with Gasteiger partial charge in [0, 0.05) is 43.3 Å². The average molecular weight is 495 g/mol. The minimum Gasteiger partial charge on any atom is -0.491 e. The van der Waals surface area contributed by atoms with Gasteiger partial charge in [0.1, 0.15) is 6.33 Å². The molecule has 2 N–H and O–H groups in total. The molecule has 0 saturated carbocycles. The van der Waals surface area contributed by atoms with Gasteiger partial charge in [0.05, 0.1) is 19.1 Å². The van der Waals surface area contributed by atoms with Crippen LogP contribution in [0.4, 0.5) is 5.82 Å². The number of hydrogen-bond donors (Lipinski definition) is 2. The number of ether oxygens (including phenoxy) is 1. The lowest BCUT2D eigenvalue weighted by molar-refractivity contribution is 0.253. The molecule has 1 fully saturated rings. The fraction of sp³-hybridized carbons (Fsp3) is 0.455. The van der Waals surface area contributed by atoms with Crippen LogP contribution in [-0.4, -0.2) is 75.2 Å². The van der Waals surface area contributed by atoms with E-state index < -0.39 is 10.0 Å². The summed E-state index contributed by atoms with van der Waals surface area (Å²) in [5.74, 6) is 1.56. The average Bonchev–Trinajstić information content (AvgIpc) is 3.21. The Morgan fingerprint density at radius 2 is 2.00 bits per heavy atom. The van der Waals surface area contributed by atoms with E-state index in [0.29, 0.717) is 5.75 Å². The fourth-order valence-electron chi connectivity index (χ4n) is 4.18. The van der Waals surface area contributed by atoms with E-state index in [-0.39, 0.29) is 18.2 Å². The van der Waals surface area contributed by atoms with Gasteiger partial charge in [0.2, 0.25) is 10.0 Å². The predicted molar refractivity (Wildman–Crippen MR) is 133 cm³/mol. The largest absolute Gasteiger partial charge is 0.491 e. The van der Waals surface area contributed by atoms with Crippen molar-refractivity contribution >= 4 is 39.2 Å². The Balaban J connectivity index is 0.00000306. The van der Waals surface area contributed by atoms with Crippen LogP contribution in [0.15, 0.2) is 36.9 Å². The molecule has 4 rings (SSSR count). The van der Waals surface area contributed by atoms with E-state index in [0.717, 1.165) is 67.8 Å². The zero-order valence-corrected chi connectivity index (χ0v) is 20.6. The Hall–Kier alpha value is -2.40. The number of sulfonamides is 1. The molecule has 1 aromatic carbocycles. The highest BCUT2D eigenvalue weighted by Crippen LogP contribution is 2.25. The highest BCUT2D eigenvalue weighted by molar-refractivity contribution is 7.88. The first kappa shape index (κ1) is 25.2. The molecule has 1 aliphatic heterocycles. The summed E-state index contributed by atoms with van der Waals surface area (Å²) < 4.78 is 31.5. The number of rotatable bonds is 9. The fourth-order valence-corrected chi connectivity index (χ4v) is 4.94. The molecule has 11 heteroatoms. The molecule has 3 aromatic rings. The van der Waals surface area contributed by atoms with Gasteiger partial charge in [0.25, 0.3) is 0 Å². The van der Waals surface area contributed by atoms with Crippen molar-refractivity contribution in [3.63, 3.8) is 0 Å². The van der Waals surface area contributed by atoms with Gasteiger partial charge >= 0.3 is 0 Å². The van der Waals surface area contributed by atoms with Gasteiger partial charge in [-0.2, -0.15) is 0 Å². The standard InChI is InChI=1S/C22H30N6O3S.ClH/c1-23-32(29,30)15-17-5-6-20-19(12-17)18(13-25-20)4-3-7-27-8-10-28(11-9-27)22-21(31-2)14-24-16-26-22;/h5-6,12-14,16,23,25H,3-4,7-11,15H2,1-2H3;1H. The van der Waals surface area contributed by atoms with Crippen molar-refractivity contribution in [2.45, 2.75) is 18.6 Å². The maximum atomic E-state index is 11.9. The maximum Gasteiger partial charge on any atom is 0.215 e. The van der Waals surface area contributed by atoms with Crippen molar-refractivity contribution in [1.82, 2.24) is 24.6 Å². The van der Waals surface area contributed by atoms with Gasteiger partial charge in [-0.3, -0.25) is 4.90 Å². The SMILES string of the molecule is CNS(=O)(=O)Cc1ccc2[nH]cc(CCCN3CCN(c4ncncc4OC)CC3)c2c1.Cl. The predicted octanol–water partition coefficient (Wildman–Crippen LogP) is 2.19. The van der Waals surface area contributed by atoms with Crippen LogP contribution in [0.1, 0.15) is 17.5 Å². The lowest BCUT2D eigenvalue weighted by Crippen LogP contribution is -2.47. The normalized spacial score (nSPS) is 14.9. The Bertz CT molecular complexity index is 1160. The van der Waals surface area contributed by atoms with Crippen LogP contribution in [0.25, 0.3) is 10.9 Å². The topological polar surface area (TPSA) is 103 Å². The molecule has 9 nitrogen and oxygen atoms in total. The number of nitrogens with one attached hydrogen (secondary N) is 2. The van der Waals surface area contributed by atoms with E-state index in [1.165, 1.54) is 12.6 Å². The van der Waals surface area contributed by atoms with Gasteiger partial charge < -0.3 is 14.6 Å². The minimum atomic E-state index is -3.28. The van der Waals surface area contributed by atoms with Gasteiger partial charge in [-0.05, 0) is 49.7 Å². The number of H-pyrrole nitrogens is 1. The first-order chi connectivity index (χ1) is 15.5. The maximum absolute atomic E-state index is 11.9. The van der Waals surface area contributed by atoms with Crippen LogP contribution in [0.5, 0.6) is 5.75 Å². The Morgan fingerprint density at radius 3 is 2.73 bits per heavy atom. The Morgan fingerprint density at radius 1 is 1.21 bits per heavy atom. The van der Waals surface area contributed by atoms with Crippen molar-refractivity contribution in [3.8, 4) is 5.75 Å². The van der Waals surface area contributed by atoms with Crippen molar-refractivity contribution in [2.24, 2.45) is 0 Å². The van der Waals surface area contributed by atoms with Gasteiger partial charge in [0.15, 0.2) is 11.6 Å². The molecule has 180 valence electrons. The number of methoxy groups -OCH3 is 1. The van der Waals surface area contributed by atoms with Crippen LogP contribution in [-0.2, 0) is 22.2 Å². The second-order valence-electron chi connectivity index (χ2n) is 8.00. The summed E-state index contributed by atoms with van der Waals surface area (Å²) in [5.41, 5.74) is 3.06. The third kappa shape index (κ3) is 6.14. The summed E-state index contributed by atoms with van der Waals surface area (Å²) in [6.07, 6.45) is 7.30. The minimum absolute atomic E-state index is 0. The van der Waals surface area contributed by atoms with Crippen LogP contribution < -0.4 is 14.4 Å². The molecule has 0 amide bonds. The summed E-state index contributed by atoms with van der Waals surface area (Å²) in [5, 5.41) is 1.11. The summed E-state index contributed by atoms with van der Waals surface area (Å²) >= 11 is 0. The number of fused-ring (bicyclic) bond motifs is 1. The molecule has 0 aliphatic carbocycles.